The number of H-pyrrole nitrogens is 2. The number of rotatable bonds is 4. The molecule has 12 nitrogen and oxygen atoms in total. The number of amides is 2. The van der Waals surface area contributed by atoms with E-state index in [4.69, 9.17) is 32.7 Å². The van der Waals surface area contributed by atoms with Crippen molar-refractivity contribution in [2.24, 2.45) is 0 Å². The van der Waals surface area contributed by atoms with Gasteiger partial charge < -0.3 is 39.9 Å². The first-order valence-corrected chi connectivity index (χ1v) is 19.8. The molecule has 4 atom stereocenters. The lowest BCUT2D eigenvalue weighted by Crippen LogP contribution is -2.55. The number of carbonyl (C=O) groups excluding carboxylic acids is 2. The van der Waals surface area contributed by atoms with Crippen LogP contribution in [0.5, 0.6) is 11.5 Å². The van der Waals surface area contributed by atoms with Crippen LogP contribution in [0.2, 0.25) is 10.0 Å². The van der Waals surface area contributed by atoms with Gasteiger partial charge in [0, 0.05) is 132 Å². The van der Waals surface area contributed by atoms with Crippen LogP contribution in [0.1, 0.15) is 25.0 Å². The summed E-state index contributed by atoms with van der Waals surface area (Å²) in [6.45, 7) is 8.79. The van der Waals surface area contributed by atoms with Crippen molar-refractivity contribution in [3.8, 4) is 33.8 Å². The molecule has 0 radical (unpaired) electrons. The molecule has 4 aliphatic rings. The van der Waals surface area contributed by atoms with Crippen LogP contribution in [0.4, 0.5) is 0 Å². The first kappa shape index (κ1) is 36.5. The first-order chi connectivity index (χ1) is 27.2. The zero-order valence-electron chi connectivity index (χ0n) is 31.1. The molecule has 2 fully saturated rings. The average molecular weight is 794 g/mol. The van der Waals surface area contributed by atoms with Crippen molar-refractivity contribution in [2.75, 3.05) is 39.3 Å². The number of halogens is 2. The Morgan fingerprint density at radius 1 is 0.661 bits per heavy atom. The number of nitrogens with one attached hydrogen (secondary N) is 4. The summed E-state index contributed by atoms with van der Waals surface area (Å²) in [6.07, 6.45) is 7.34. The summed E-state index contributed by atoms with van der Waals surface area (Å²) < 4.78 is 12.5. The molecule has 10 rings (SSSR count). The number of piperazine rings is 2. The molecular formula is C42H42Cl2N8O4. The molecule has 2 amide bonds. The molecule has 2 saturated heterocycles. The number of aromatic amines is 2. The predicted octanol–water partition coefficient (Wildman–Crippen LogP) is 6.01. The van der Waals surface area contributed by atoms with Crippen LogP contribution in [-0.2, 0) is 22.4 Å². The Morgan fingerprint density at radius 3 is 1.54 bits per heavy atom. The second-order valence-electron chi connectivity index (χ2n) is 14.9. The molecule has 56 heavy (non-hydrogen) atoms. The number of carbonyl (C=O) groups is 2. The SMILES string of the molecule is C[C@H]1CNCCN1C(=O)[C@@H]1Cc2cc(Cl)cc(-c3ccnc4[nH]ccc34)c2O1.C[C@H]1CNCCN1C(=O)[C@H]1Cc2cc(Cl)cc(-c3ccnc4[nH]ccc34)c2O1. The second kappa shape index (κ2) is 15.1. The summed E-state index contributed by atoms with van der Waals surface area (Å²) in [4.78, 5) is 45.1. The Bertz CT molecular complexity index is 2300. The monoisotopic (exact) mass is 792 g/mol. The minimum Gasteiger partial charge on any atom is -0.479 e. The van der Waals surface area contributed by atoms with Crippen LogP contribution in [0.3, 0.4) is 0 Å². The van der Waals surface area contributed by atoms with Gasteiger partial charge in [-0.15, -0.1) is 0 Å². The van der Waals surface area contributed by atoms with Crippen LogP contribution in [0.15, 0.2) is 73.3 Å². The van der Waals surface area contributed by atoms with Crippen LogP contribution in [-0.4, -0.2) is 105 Å². The fraction of sp³-hybridized carbons (Fsp3) is 0.333. The summed E-state index contributed by atoms with van der Waals surface area (Å²) in [7, 11) is 0. The number of hydrogen-bond acceptors (Lipinski definition) is 8. The van der Waals surface area contributed by atoms with Gasteiger partial charge in [0.1, 0.15) is 22.8 Å². The maximum absolute atomic E-state index is 13.1. The lowest BCUT2D eigenvalue weighted by Gasteiger charge is -2.35. The van der Waals surface area contributed by atoms with Crippen molar-refractivity contribution in [2.45, 2.75) is 51.0 Å². The van der Waals surface area contributed by atoms with E-state index < -0.39 is 12.2 Å². The summed E-state index contributed by atoms with van der Waals surface area (Å²) in [5, 5.41) is 9.92. The van der Waals surface area contributed by atoms with E-state index in [1.165, 1.54) is 0 Å². The average Bonchev–Trinajstić information content (AvgIpc) is 4.03. The number of hydrogen-bond donors (Lipinski definition) is 4. The van der Waals surface area contributed by atoms with Crippen LogP contribution < -0.4 is 20.1 Å². The van der Waals surface area contributed by atoms with Gasteiger partial charge in [-0.1, -0.05) is 23.2 Å². The lowest BCUT2D eigenvalue weighted by atomic mass is 9.99. The zero-order valence-corrected chi connectivity index (χ0v) is 32.6. The molecule has 0 unspecified atom stereocenters. The number of fused-ring (bicyclic) bond motifs is 4. The largest absolute Gasteiger partial charge is 0.479 e. The third-order valence-electron chi connectivity index (χ3n) is 11.2. The van der Waals surface area contributed by atoms with Crippen molar-refractivity contribution in [3.63, 3.8) is 0 Å². The van der Waals surface area contributed by atoms with E-state index >= 15 is 0 Å². The van der Waals surface area contributed by atoms with Gasteiger partial charge in [-0.2, -0.15) is 0 Å². The molecule has 4 aliphatic heterocycles. The van der Waals surface area contributed by atoms with Crippen molar-refractivity contribution >= 4 is 57.1 Å². The Labute approximate surface area is 333 Å². The van der Waals surface area contributed by atoms with Crippen LogP contribution in [0, 0.1) is 0 Å². The fourth-order valence-corrected chi connectivity index (χ4v) is 8.90. The van der Waals surface area contributed by atoms with Crippen LogP contribution in [0.25, 0.3) is 44.3 Å². The Balaban J connectivity index is 0.000000146. The Kier molecular flexibility index (Phi) is 9.82. The topological polar surface area (TPSA) is 140 Å². The molecule has 14 heteroatoms. The molecule has 0 bridgehead atoms. The highest BCUT2D eigenvalue weighted by molar-refractivity contribution is 6.31. The molecule has 4 N–H and O–H groups in total. The number of aromatic nitrogens is 4. The van der Waals surface area contributed by atoms with E-state index in [1.54, 1.807) is 12.4 Å². The van der Waals surface area contributed by atoms with Crippen molar-refractivity contribution in [1.29, 1.82) is 0 Å². The van der Waals surface area contributed by atoms with Gasteiger partial charge in [-0.25, -0.2) is 9.97 Å². The highest BCUT2D eigenvalue weighted by Gasteiger charge is 2.38. The summed E-state index contributed by atoms with van der Waals surface area (Å²) in [5.41, 5.74) is 7.37. The third-order valence-corrected chi connectivity index (χ3v) is 11.6. The van der Waals surface area contributed by atoms with Crippen molar-refractivity contribution in [1.82, 2.24) is 40.4 Å². The molecule has 0 saturated carbocycles. The summed E-state index contributed by atoms with van der Waals surface area (Å²) in [6, 6.07) is 15.8. The molecule has 4 aromatic heterocycles. The molecule has 0 aliphatic carbocycles. The summed E-state index contributed by atoms with van der Waals surface area (Å²) in [5.74, 6) is 1.60. The molecule has 8 heterocycles. The lowest BCUT2D eigenvalue weighted by molar-refractivity contribution is -0.141. The number of ether oxygens (including phenoxy) is 2. The second-order valence-corrected chi connectivity index (χ2v) is 15.7. The van der Waals surface area contributed by atoms with E-state index in [0.717, 1.165) is 93.1 Å². The molecule has 6 aromatic rings. The number of benzene rings is 2. The predicted molar refractivity (Wildman–Crippen MR) is 217 cm³/mol. The zero-order chi connectivity index (χ0) is 38.5. The van der Waals surface area contributed by atoms with Crippen molar-refractivity contribution in [3.05, 3.63) is 94.5 Å². The standard InChI is InChI=1S/2C21H21ClN4O2/c2*1-12-11-23-6-7-26(12)21(27)18-9-13-8-14(22)10-17(19(13)28-18)15-2-4-24-20-16(15)3-5-25-20/h2*2-5,8,10,12,18,23H,6-7,9,11H2,1H3,(H,24,25)/t12-,18+;12-,18-/m00/s1. The Morgan fingerprint density at radius 2 is 1.11 bits per heavy atom. The number of pyridine rings is 2. The minimum atomic E-state index is -0.503. The summed E-state index contributed by atoms with van der Waals surface area (Å²) >= 11 is 12.8. The van der Waals surface area contributed by atoms with Gasteiger partial charge in [0.2, 0.25) is 0 Å². The Hall–Kier alpha value is -5.14. The van der Waals surface area contributed by atoms with Crippen LogP contribution >= 0.6 is 23.2 Å². The van der Waals surface area contributed by atoms with E-state index in [0.29, 0.717) is 36.0 Å². The molecular weight excluding hydrogens is 751 g/mol. The molecule has 0 spiro atoms. The highest BCUT2D eigenvalue weighted by Crippen LogP contribution is 2.45. The molecule has 2 aromatic carbocycles. The fourth-order valence-electron chi connectivity index (χ4n) is 8.42. The normalized spacial score (nSPS) is 21.6. The third kappa shape index (κ3) is 6.74. The molecule has 288 valence electrons. The number of nitrogens with zero attached hydrogens (tertiary/aromatic N) is 4. The van der Waals surface area contributed by atoms with Gasteiger partial charge in [0.05, 0.1) is 0 Å². The smallest absolute Gasteiger partial charge is 0.264 e. The quantitative estimate of drug-likeness (QED) is 0.170. The highest BCUT2D eigenvalue weighted by atomic mass is 35.5. The van der Waals surface area contributed by atoms with E-state index in [1.807, 2.05) is 70.7 Å². The van der Waals surface area contributed by atoms with Gasteiger partial charge in [0.25, 0.3) is 11.8 Å². The maximum Gasteiger partial charge on any atom is 0.264 e. The van der Waals surface area contributed by atoms with E-state index in [2.05, 4.69) is 44.4 Å². The van der Waals surface area contributed by atoms with Crippen molar-refractivity contribution < 1.29 is 19.1 Å². The van der Waals surface area contributed by atoms with Gasteiger partial charge in [0.15, 0.2) is 12.2 Å². The van der Waals surface area contributed by atoms with Gasteiger partial charge in [-0.3, -0.25) is 9.59 Å². The first-order valence-electron chi connectivity index (χ1n) is 19.1. The minimum absolute atomic E-state index is 0.0498. The van der Waals surface area contributed by atoms with E-state index in [-0.39, 0.29) is 23.9 Å². The van der Waals surface area contributed by atoms with Gasteiger partial charge >= 0.3 is 0 Å². The maximum atomic E-state index is 13.1. The van der Waals surface area contributed by atoms with Gasteiger partial charge in [-0.05, 0) is 73.5 Å². The van der Waals surface area contributed by atoms with E-state index in [9.17, 15) is 9.59 Å².